The standard InChI is InChI=1S/C13H14FN3O/c14-10-4-2-9(3-5-10)8-11-16-12(18-17-11)13(15)6-1-7-13/h2-5H,1,6-8,15H2. The Labute approximate surface area is 104 Å². The maximum absolute atomic E-state index is 12.8. The first-order chi connectivity index (χ1) is 8.66. The van der Waals surface area contributed by atoms with E-state index in [-0.39, 0.29) is 5.82 Å². The molecule has 1 fully saturated rings. The second-order valence-electron chi connectivity index (χ2n) is 4.83. The predicted molar refractivity (Wildman–Crippen MR) is 63.2 cm³/mol. The van der Waals surface area contributed by atoms with Gasteiger partial charge in [0, 0.05) is 6.42 Å². The minimum absolute atomic E-state index is 0.247. The summed E-state index contributed by atoms with van der Waals surface area (Å²) in [6.45, 7) is 0. The van der Waals surface area contributed by atoms with Crippen molar-refractivity contribution in [3.63, 3.8) is 0 Å². The van der Waals surface area contributed by atoms with Gasteiger partial charge in [-0.15, -0.1) is 0 Å². The van der Waals surface area contributed by atoms with Crippen LogP contribution >= 0.6 is 0 Å². The number of aromatic nitrogens is 2. The third-order valence-corrected chi connectivity index (χ3v) is 3.42. The largest absolute Gasteiger partial charge is 0.337 e. The molecule has 0 amide bonds. The van der Waals surface area contributed by atoms with Gasteiger partial charge in [0.05, 0.1) is 5.54 Å². The van der Waals surface area contributed by atoms with E-state index in [0.717, 1.165) is 24.8 Å². The van der Waals surface area contributed by atoms with Gasteiger partial charge in [-0.2, -0.15) is 4.98 Å². The molecule has 5 heteroatoms. The average Bonchev–Trinajstić information content (AvgIpc) is 2.78. The fourth-order valence-corrected chi connectivity index (χ4v) is 2.08. The molecular weight excluding hydrogens is 233 g/mol. The summed E-state index contributed by atoms with van der Waals surface area (Å²) in [6, 6.07) is 6.28. The van der Waals surface area contributed by atoms with Crippen LogP contribution in [0.25, 0.3) is 0 Å². The van der Waals surface area contributed by atoms with Gasteiger partial charge < -0.3 is 10.3 Å². The summed E-state index contributed by atoms with van der Waals surface area (Å²) in [5, 5.41) is 3.92. The molecule has 1 aromatic carbocycles. The zero-order valence-corrected chi connectivity index (χ0v) is 9.90. The van der Waals surface area contributed by atoms with Crippen LogP contribution in [0.3, 0.4) is 0 Å². The quantitative estimate of drug-likeness (QED) is 0.902. The Kier molecular flexibility index (Phi) is 2.63. The highest BCUT2D eigenvalue weighted by Crippen LogP contribution is 2.37. The van der Waals surface area contributed by atoms with E-state index in [1.54, 1.807) is 12.1 Å². The zero-order valence-electron chi connectivity index (χ0n) is 9.90. The molecule has 0 radical (unpaired) electrons. The fraction of sp³-hybridized carbons (Fsp3) is 0.385. The molecule has 0 saturated heterocycles. The monoisotopic (exact) mass is 247 g/mol. The van der Waals surface area contributed by atoms with Crippen LogP contribution in [0, 0.1) is 5.82 Å². The molecule has 3 rings (SSSR count). The van der Waals surface area contributed by atoms with Crippen LogP contribution in [0.1, 0.15) is 36.5 Å². The first-order valence-electron chi connectivity index (χ1n) is 6.02. The van der Waals surface area contributed by atoms with Crippen LogP contribution in [0.4, 0.5) is 4.39 Å². The second-order valence-corrected chi connectivity index (χ2v) is 4.83. The number of rotatable bonds is 3. The van der Waals surface area contributed by atoms with E-state index in [1.165, 1.54) is 12.1 Å². The maximum atomic E-state index is 12.8. The molecule has 0 unspecified atom stereocenters. The molecule has 4 nitrogen and oxygen atoms in total. The van der Waals surface area contributed by atoms with Crippen molar-refractivity contribution in [2.75, 3.05) is 0 Å². The molecule has 1 aromatic heterocycles. The summed E-state index contributed by atoms with van der Waals surface area (Å²) in [5.74, 6) is 0.863. The van der Waals surface area contributed by atoms with Crippen LogP contribution < -0.4 is 5.73 Å². The van der Waals surface area contributed by atoms with Gasteiger partial charge in [-0.25, -0.2) is 4.39 Å². The second kappa shape index (κ2) is 4.17. The average molecular weight is 247 g/mol. The maximum Gasteiger partial charge on any atom is 0.246 e. The van der Waals surface area contributed by atoms with Crippen LogP contribution in [0.5, 0.6) is 0 Å². The van der Waals surface area contributed by atoms with Gasteiger partial charge in [0.25, 0.3) is 0 Å². The Morgan fingerprint density at radius 2 is 2.00 bits per heavy atom. The van der Waals surface area contributed by atoms with Gasteiger partial charge in [0.2, 0.25) is 5.89 Å². The summed E-state index contributed by atoms with van der Waals surface area (Å²) < 4.78 is 18.0. The number of benzene rings is 1. The highest BCUT2D eigenvalue weighted by molar-refractivity contribution is 5.20. The third kappa shape index (κ3) is 2.01. The van der Waals surface area contributed by atoms with E-state index in [4.69, 9.17) is 10.3 Å². The van der Waals surface area contributed by atoms with Crippen LogP contribution in [0.2, 0.25) is 0 Å². The summed E-state index contributed by atoms with van der Waals surface area (Å²) >= 11 is 0. The molecule has 0 bridgehead atoms. The Hall–Kier alpha value is -1.75. The molecule has 2 aromatic rings. The minimum Gasteiger partial charge on any atom is -0.337 e. The van der Waals surface area contributed by atoms with Crippen LogP contribution in [-0.4, -0.2) is 10.1 Å². The highest BCUT2D eigenvalue weighted by atomic mass is 19.1. The van der Waals surface area contributed by atoms with Crippen LogP contribution in [-0.2, 0) is 12.0 Å². The summed E-state index contributed by atoms with van der Waals surface area (Å²) in [7, 11) is 0. The lowest BCUT2D eigenvalue weighted by Gasteiger charge is -2.33. The summed E-state index contributed by atoms with van der Waals surface area (Å²) in [6.07, 6.45) is 3.42. The van der Waals surface area contributed by atoms with Gasteiger partial charge in [-0.1, -0.05) is 17.3 Å². The highest BCUT2D eigenvalue weighted by Gasteiger charge is 2.39. The van der Waals surface area contributed by atoms with Gasteiger partial charge >= 0.3 is 0 Å². The van der Waals surface area contributed by atoms with Gasteiger partial charge in [0.15, 0.2) is 5.82 Å². The van der Waals surface area contributed by atoms with Crippen molar-refractivity contribution in [1.29, 1.82) is 0 Å². The number of hydrogen-bond donors (Lipinski definition) is 1. The van der Waals surface area contributed by atoms with E-state index >= 15 is 0 Å². The molecule has 1 heterocycles. The van der Waals surface area contributed by atoms with Crippen molar-refractivity contribution in [3.8, 4) is 0 Å². The fourth-order valence-electron chi connectivity index (χ4n) is 2.08. The van der Waals surface area contributed by atoms with Crippen molar-refractivity contribution in [2.45, 2.75) is 31.2 Å². The SMILES string of the molecule is NC1(c2nc(Cc3ccc(F)cc3)no2)CCC1. The lowest BCUT2D eigenvalue weighted by molar-refractivity contribution is 0.181. The Morgan fingerprint density at radius 3 is 2.61 bits per heavy atom. The number of nitrogens with zero attached hydrogens (tertiary/aromatic N) is 2. The lowest BCUT2D eigenvalue weighted by Crippen LogP contribution is -2.43. The number of halogens is 1. The van der Waals surface area contributed by atoms with Crippen molar-refractivity contribution in [1.82, 2.24) is 10.1 Å². The Morgan fingerprint density at radius 1 is 1.28 bits per heavy atom. The van der Waals surface area contributed by atoms with E-state index in [9.17, 15) is 4.39 Å². The Bertz CT molecular complexity index is 546. The Balaban J connectivity index is 1.75. The normalized spacial score (nSPS) is 17.4. The summed E-state index contributed by atoms with van der Waals surface area (Å²) in [4.78, 5) is 4.33. The van der Waals surface area contributed by atoms with Crippen molar-refractivity contribution >= 4 is 0 Å². The number of nitrogens with two attached hydrogens (primary N) is 1. The van der Waals surface area contributed by atoms with E-state index < -0.39 is 5.54 Å². The van der Waals surface area contributed by atoms with Crippen molar-refractivity contribution in [2.24, 2.45) is 5.73 Å². The van der Waals surface area contributed by atoms with E-state index in [0.29, 0.717) is 18.1 Å². The molecular formula is C13H14FN3O. The molecule has 1 saturated carbocycles. The van der Waals surface area contributed by atoms with Gasteiger partial charge in [0.1, 0.15) is 5.82 Å². The molecule has 1 aliphatic rings. The number of hydrogen-bond acceptors (Lipinski definition) is 4. The van der Waals surface area contributed by atoms with Crippen molar-refractivity contribution < 1.29 is 8.91 Å². The summed E-state index contributed by atoms with van der Waals surface area (Å²) in [5.41, 5.74) is 6.63. The van der Waals surface area contributed by atoms with E-state index in [1.807, 2.05) is 0 Å². The zero-order chi connectivity index (χ0) is 12.6. The van der Waals surface area contributed by atoms with Crippen molar-refractivity contribution in [3.05, 3.63) is 47.4 Å². The van der Waals surface area contributed by atoms with Crippen LogP contribution in [0.15, 0.2) is 28.8 Å². The minimum atomic E-state index is -0.423. The topological polar surface area (TPSA) is 64.9 Å². The molecule has 2 N–H and O–H groups in total. The molecule has 0 atom stereocenters. The molecule has 18 heavy (non-hydrogen) atoms. The smallest absolute Gasteiger partial charge is 0.246 e. The lowest BCUT2D eigenvalue weighted by atomic mass is 9.78. The predicted octanol–water partition coefficient (Wildman–Crippen LogP) is 2.14. The van der Waals surface area contributed by atoms with Gasteiger partial charge in [-0.3, -0.25) is 0 Å². The molecule has 0 spiro atoms. The first kappa shape index (κ1) is 11.3. The molecule has 0 aliphatic heterocycles. The van der Waals surface area contributed by atoms with E-state index in [2.05, 4.69) is 10.1 Å². The first-order valence-corrected chi connectivity index (χ1v) is 6.02. The van der Waals surface area contributed by atoms with Gasteiger partial charge in [-0.05, 0) is 37.0 Å². The molecule has 94 valence electrons. The molecule has 1 aliphatic carbocycles. The third-order valence-electron chi connectivity index (χ3n) is 3.42.